The molecule has 160 valence electrons. The number of carbonyl (C=O) groups excluding carboxylic acids is 3. The Labute approximate surface area is 177 Å². The number of carbonyl (C=O) groups is 4. The second kappa shape index (κ2) is 8.70. The molecule has 3 rings (SSSR count). The van der Waals surface area contributed by atoms with Crippen molar-refractivity contribution in [3.05, 3.63) is 59.2 Å². The van der Waals surface area contributed by atoms with Crippen molar-refractivity contribution in [2.24, 2.45) is 0 Å². The molecule has 0 aromatic heterocycles. The second-order valence-corrected chi connectivity index (χ2v) is 6.81. The molecule has 0 spiro atoms. The number of ether oxygens (including phenoxy) is 2. The van der Waals surface area contributed by atoms with Crippen LogP contribution in [0.2, 0.25) is 0 Å². The van der Waals surface area contributed by atoms with Gasteiger partial charge >= 0.3 is 12.0 Å². The van der Waals surface area contributed by atoms with Gasteiger partial charge in [0, 0.05) is 0 Å². The Balaban J connectivity index is 1.96. The topological polar surface area (TPSA) is 122 Å². The van der Waals surface area contributed by atoms with E-state index >= 15 is 0 Å². The Morgan fingerprint density at radius 2 is 1.87 bits per heavy atom. The lowest BCUT2D eigenvalue weighted by atomic mass is 10.1. The number of urea groups is 1. The summed E-state index contributed by atoms with van der Waals surface area (Å²) in [7, 11) is 1.38. The Hall–Kier alpha value is -4.14. The Kier molecular flexibility index (Phi) is 6.05. The van der Waals surface area contributed by atoms with E-state index in [1.165, 1.54) is 38.3 Å². The molecule has 4 amide bonds. The zero-order chi connectivity index (χ0) is 22.7. The monoisotopic (exact) mass is 424 g/mol. The quantitative estimate of drug-likeness (QED) is 0.540. The number of anilines is 1. The molecular formula is C22H20N2O7. The number of nitrogens with zero attached hydrogens (tertiary/aromatic N) is 1. The third-order valence-electron chi connectivity index (χ3n) is 4.51. The minimum atomic E-state index is -1.14. The number of carboxylic acid groups (broad SMARTS) is 1. The van der Waals surface area contributed by atoms with E-state index in [0.29, 0.717) is 11.3 Å². The molecule has 31 heavy (non-hydrogen) atoms. The lowest BCUT2D eigenvalue weighted by molar-refractivity contribution is -0.144. The third-order valence-corrected chi connectivity index (χ3v) is 4.51. The second-order valence-electron chi connectivity index (χ2n) is 6.81. The lowest BCUT2D eigenvalue weighted by Gasteiger charge is -2.26. The predicted octanol–water partition coefficient (Wildman–Crippen LogP) is 2.52. The Morgan fingerprint density at radius 3 is 2.52 bits per heavy atom. The number of barbiturate groups is 1. The van der Waals surface area contributed by atoms with Crippen LogP contribution in [0.1, 0.15) is 18.1 Å². The first-order valence-corrected chi connectivity index (χ1v) is 9.27. The van der Waals surface area contributed by atoms with Crippen molar-refractivity contribution in [3.8, 4) is 11.5 Å². The number of hydrogen-bond acceptors (Lipinski definition) is 6. The van der Waals surface area contributed by atoms with Gasteiger partial charge in [-0.25, -0.2) is 14.5 Å². The average molecular weight is 424 g/mol. The van der Waals surface area contributed by atoms with Crippen LogP contribution in [-0.4, -0.2) is 42.1 Å². The number of rotatable bonds is 6. The van der Waals surface area contributed by atoms with Gasteiger partial charge in [0.25, 0.3) is 11.8 Å². The van der Waals surface area contributed by atoms with Crippen LogP contribution in [0.5, 0.6) is 11.5 Å². The molecule has 1 aliphatic rings. The zero-order valence-electron chi connectivity index (χ0n) is 17.0. The number of benzene rings is 2. The highest BCUT2D eigenvalue weighted by Gasteiger charge is 2.36. The van der Waals surface area contributed by atoms with Crippen molar-refractivity contribution in [2.45, 2.75) is 20.0 Å². The van der Waals surface area contributed by atoms with E-state index in [1.54, 1.807) is 18.2 Å². The summed E-state index contributed by atoms with van der Waals surface area (Å²) in [4.78, 5) is 49.5. The van der Waals surface area contributed by atoms with Crippen LogP contribution >= 0.6 is 0 Å². The molecule has 1 saturated heterocycles. The molecule has 0 radical (unpaired) electrons. The van der Waals surface area contributed by atoms with Gasteiger partial charge in [0.05, 0.1) is 12.8 Å². The smallest absolute Gasteiger partial charge is 0.344 e. The fourth-order valence-corrected chi connectivity index (χ4v) is 2.94. The van der Waals surface area contributed by atoms with Gasteiger partial charge in [-0.3, -0.25) is 14.9 Å². The maximum Gasteiger partial charge on any atom is 0.344 e. The molecule has 1 heterocycles. The third kappa shape index (κ3) is 4.55. The van der Waals surface area contributed by atoms with Crippen molar-refractivity contribution in [1.82, 2.24) is 5.32 Å². The molecule has 0 aliphatic carbocycles. The normalized spacial score (nSPS) is 16.2. The van der Waals surface area contributed by atoms with Crippen LogP contribution in [0.15, 0.2) is 48.0 Å². The maximum atomic E-state index is 13.0. The number of nitrogens with one attached hydrogen (secondary N) is 1. The van der Waals surface area contributed by atoms with E-state index in [-0.39, 0.29) is 17.1 Å². The fourth-order valence-electron chi connectivity index (χ4n) is 2.94. The fraction of sp³-hybridized carbons (Fsp3) is 0.182. The van der Waals surface area contributed by atoms with E-state index in [9.17, 15) is 19.2 Å². The largest absolute Gasteiger partial charge is 0.493 e. The summed E-state index contributed by atoms with van der Waals surface area (Å²) in [6.45, 7) is 3.19. The molecule has 9 nitrogen and oxygen atoms in total. The van der Waals surface area contributed by atoms with Gasteiger partial charge in [0.1, 0.15) is 5.57 Å². The van der Waals surface area contributed by atoms with Crippen molar-refractivity contribution in [3.63, 3.8) is 0 Å². The maximum absolute atomic E-state index is 13.0. The van der Waals surface area contributed by atoms with Crippen LogP contribution in [0.25, 0.3) is 6.08 Å². The Morgan fingerprint density at radius 1 is 1.13 bits per heavy atom. The molecule has 2 aromatic carbocycles. The van der Waals surface area contributed by atoms with E-state index in [2.05, 4.69) is 5.32 Å². The molecule has 2 aromatic rings. The standard InChI is InChI=1S/C22H20N2O7/c1-12-5-4-6-15(9-12)24-20(26)16(19(25)23-22(24)29)10-14-7-8-17(18(11-14)30-3)31-13(2)21(27)28/h4-11,13H,1-3H3,(H,27,28)(H,23,25,29)/b16-10+/t13-/m1/s1. The van der Waals surface area contributed by atoms with Crippen LogP contribution in [0, 0.1) is 6.92 Å². The molecule has 1 atom stereocenters. The highest BCUT2D eigenvalue weighted by atomic mass is 16.5. The average Bonchev–Trinajstić information content (AvgIpc) is 2.71. The van der Waals surface area contributed by atoms with E-state index < -0.39 is 29.9 Å². The number of carboxylic acids is 1. The number of aliphatic carboxylic acids is 1. The van der Waals surface area contributed by atoms with Crippen molar-refractivity contribution >= 4 is 35.6 Å². The molecule has 1 aliphatic heterocycles. The van der Waals surface area contributed by atoms with Crippen LogP contribution in [0.3, 0.4) is 0 Å². The minimum Gasteiger partial charge on any atom is -0.493 e. The first-order chi connectivity index (χ1) is 14.7. The van der Waals surface area contributed by atoms with Gasteiger partial charge in [-0.1, -0.05) is 18.2 Å². The van der Waals surface area contributed by atoms with E-state index in [0.717, 1.165) is 10.5 Å². The zero-order valence-corrected chi connectivity index (χ0v) is 17.0. The van der Waals surface area contributed by atoms with E-state index in [4.69, 9.17) is 14.6 Å². The molecule has 2 N–H and O–H groups in total. The van der Waals surface area contributed by atoms with Crippen molar-refractivity contribution in [1.29, 1.82) is 0 Å². The van der Waals surface area contributed by atoms with Gasteiger partial charge < -0.3 is 14.6 Å². The summed E-state index contributed by atoms with van der Waals surface area (Å²) >= 11 is 0. The van der Waals surface area contributed by atoms with Gasteiger partial charge in [0.15, 0.2) is 17.6 Å². The van der Waals surface area contributed by atoms with Gasteiger partial charge in [-0.05, 0) is 55.3 Å². The van der Waals surface area contributed by atoms with Crippen LogP contribution in [-0.2, 0) is 14.4 Å². The van der Waals surface area contributed by atoms with Crippen molar-refractivity contribution in [2.75, 3.05) is 12.0 Å². The summed E-state index contributed by atoms with van der Waals surface area (Å²) in [5.41, 5.74) is 1.36. The number of methoxy groups -OCH3 is 1. The summed E-state index contributed by atoms with van der Waals surface area (Å²) in [5.74, 6) is -2.32. The summed E-state index contributed by atoms with van der Waals surface area (Å²) in [6.07, 6.45) is 0.220. The number of imide groups is 2. The molecule has 9 heteroatoms. The summed E-state index contributed by atoms with van der Waals surface area (Å²) in [5, 5.41) is 11.2. The molecule has 0 bridgehead atoms. The van der Waals surface area contributed by atoms with E-state index in [1.807, 2.05) is 13.0 Å². The van der Waals surface area contributed by atoms with Crippen molar-refractivity contribution < 1.29 is 33.8 Å². The number of hydrogen-bond donors (Lipinski definition) is 2. The molecule has 0 saturated carbocycles. The highest BCUT2D eigenvalue weighted by Crippen LogP contribution is 2.30. The van der Waals surface area contributed by atoms with Gasteiger partial charge in [-0.2, -0.15) is 0 Å². The predicted molar refractivity (Wildman–Crippen MR) is 111 cm³/mol. The van der Waals surface area contributed by atoms with Crippen LogP contribution in [0.4, 0.5) is 10.5 Å². The summed E-state index contributed by atoms with van der Waals surface area (Å²) < 4.78 is 10.6. The number of amides is 4. The number of aryl methyl sites for hydroxylation is 1. The SMILES string of the molecule is COc1cc(/C=C2\C(=O)NC(=O)N(c3cccc(C)c3)C2=O)ccc1O[C@H](C)C(=O)O. The minimum absolute atomic E-state index is 0.190. The highest BCUT2D eigenvalue weighted by molar-refractivity contribution is 6.39. The Bertz CT molecular complexity index is 1110. The molecular weight excluding hydrogens is 404 g/mol. The van der Waals surface area contributed by atoms with Crippen LogP contribution < -0.4 is 19.7 Å². The lowest BCUT2D eigenvalue weighted by Crippen LogP contribution is -2.54. The van der Waals surface area contributed by atoms with Gasteiger partial charge in [-0.15, -0.1) is 0 Å². The molecule has 1 fully saturated rings. The molecule has 0 unspecified atom stereocenters. The summed E-state index contributed by atoms with van der Waals surface area (Å²) in [6, 6.07) is 10.4. The van der Waals surface area contributed by atoms with Gasteiger partial charge in [0.2, 0.25) is 0 Å². The first kappa shape index (κ1) is 21.6. The first-order valence-electron chi connectivity index (χ1n) is 9.27.